The molecule has 1 aromatic carbocycles. The van der Waals surface area contributed by atoms with E-state index in [-0.39, 0.29) is 12.0 Å². The third-order valence-electron chi connectivity index (χ3n) is 3.14. The van der Waals surface area contributed by atoms with E-state index in [4.69, 9.17) is 0 Å². The third-order valence-corrected chi connectivity index (χ3v) is 3.14. The largest absolute Gasteiger partial charge is 0.395 e. The van der Waals surface area contributed by atoms with Crippen molar-refractivity contribution >= 4 is 0 Å². The minimum Gasteiger partial charge on any atom is -0.395 e. The Hall–Kier alpha value is -1.61. The predicted molar refractivity (Wildman–Crippen MR) is 68.8 cm³/mol. The normalized spacial score (nSPS) is 11.8. The molecule has 2 aromatic rings. The molecule has 1 N–H and O–H groups in total. The molecule has 1 heterocycles. The van der Waals surface area contributed by atoms with E-state index in [0.29, 0.717) is 0 Å². The number of imidazole rings is 1. The smallest absolute Gasteiger partial charge is 0.139 e. The quantitative estimate of drug-likeness (QED) is 0.879. The van der Waals surface area contributed by atoms with Gasteiger partial charge in [-0.1, -0.05) is 38.1 Å². The Labute approximate surface area is 102 Å². The first-order chi connectivity index (χ1) is 8.04. The van der Waals surface area contributed by atoms with Crippen molar-refractivity contribution in [2.24, 2.45) is 7.05 Å². The summed E-state index contributed by atoms with van der Waals surface area (Å²) in [6, 6.07) is 8.21. The lowest BCUT2D eigenvalue weighted by Gasteiger charge is -2.22. The van der Waals surface area contributed by atoms with Crippen LogP contribution in [0, 0.1) is 0 Å². The highest BCUT2D eigenvalue weighted by atomic mass is 16.3. The van der Waals surface area contributed by atoms with Crippen molar-refractivity contribution in [3.63, 3.8) is 0 Å². The van der Waals surface area contributed by atoms with E-state index in [9.17, 15) is 5.11 Å². The lowest BCUT2D eigenvalue weighted by Crippen LogP contribution is -2.21. The molecule has 0 spiro atoms. The Morgan fingerprint density at radius 3 is 2.35 bits per heavy atom. The zero-order chi connectivity index (χ0) is 12.5. The number of rotatable bonds is 3. The van der Waals surface area contributed by atoms with Crippen LogP contribution < -0.4 is 0 Å². The van der Waals surface area contributed by atoms with Crippen LogP contribution in [0.5, 0.6) is 0 Å². The lowest BCUT2D eigenvalue weighted by molar-refractivity contribution is 0.218. The second-order valence-corrected chi connectivity index (χ2v) is 4.98. The first kappa shape index (κ1) is 11.9. The lowest BCUT2D eigenvalue weighted by atomic mass is 9.85. The van der Waals surface area contributed by atoms with Crippen LogP contribution in [0.2, 0.25) is 0 Å². The summed E-state index contributed by atoms with van der Waals surface area (Å²) >= 11 is 0. The van der Waals surface area contributed by atoms with Crippen molar-refractivity contribution in [3.05, 3.63) is 42.2 Å². The SMILES string of the molecule is Cn1ccnc1-c1ccc(C(C)(C)CO)cc1. The first-order valence-corrected chi connectivity index (χ1v) is 5.74. The summed E-state index contributed by atoms with van der Waals surface area (Å²) in [4.78, 5) is 4.31. The van der Waals surface area contributed by atoms with E-state index in [1.165, 1.54) is 0 Å². The minimum atomic E-state index is -0.194. The van der Waals surface area contributed by atoms with Gasteiger partial charge in [0.1, 0.15) is 5.82 Å². The van der Waals surface area contributed by atoms with Crippen molar-refractivity contribution in [1.82, 2.24) is 9.55 Å². The van der Waals surface area contributed by atoms with Crippen LogP contribution in [0.15, 0.2) is 36.7 Å². The topological polar surface area (TPSA) is 38.0 Å². The van der Waals surface area contributed by atoms with Gasteiger partial charge in [0.2, 0.25) is 0 Å². The van der Waals surface area contributed by atoms with Gasteiger partial charge in [0.15, 0.2) is 0 Å². The molecule has 1 aromatic heterocycles. The van der Waals surface area contributed by atoms with Crippen LogP contribution in [0.4, 0.5) is 0 Å². The maximum Gasteiger partial charge on any atom is 0.139 e. The highest BCUT2D eigenvalue weighted by Gasteiger charge is 2.19. The number of hydrogen-bond donors (Lipinski definition) is 1. The molecule has 90 valence electrons. The summed E-state index contributed by atoms with van der Waals surface area (Å²) in [5, 5.41) is 9.33. The van der Waals surface area contributed by atoms with E-state index in [2.05, 4.69) is 29.2 Å². The molecule has 2 rings (SSSR count). The van der Waals surface area contributed by atoms with Gasteiger partial charge in [0.05, 0.1) is 6.61 Å². The van der Waals surface area contributed by atoms with Gasteiger partial charge in [-0.05, 0) is 5.56 Å². The molecule has 0 aliphatic carbocycles. The van der Waals surface area contributed by atoms with Crippen LogP contribution in [0.1, 0.15) is 19.4 Å². The van der Waals surface area contributed by atoms with Gasteiger partial charge in [-0.3, -0.25) is 0 Å². The van der Waals surface area contributed by atoms with Crippen LogP contribution >= 0.6 is 0 Å². The first-order valence-electron chi connectivity index (χ1n) is 5.74. The fourth-order valence-electron chi connectivity index (χ4n) is 1.81. The molecule has 0 unspecified atom stereocenters. The zero-order valence-corrected chi connectivity index (χ0v) is 10.5. The van der Waals surface area contributed by atoms with Gasteiger partial charge >= 0.3 is 0 Å². The predicted octanol–water partition coefficient (Wildman–Crippen LogP) is 2.36. The van der Waals surface area contributed by atoms with Gasteiger partial charge < -0.3 is 9.67 Å². The van der Waals surface area contributed by atoms with Gasteiger partial charge in [0.25, 0.3) is 0 Å². The average molecular weight is 230 g/mol. The average Bonchev–Trinajstić information content (AvgIpc) is 2.76. The summed E-state index contributed by atoms with van der Waals surface area (Å²) in [5.41, 5.74) is 2.04. The minimum absolute atomic E-state index is 0.148. The monoisotopic (exact) mass is 230 g/mol. The number of aromatic nitrogens is 2. The molecular weight excluding hydrogens is 212 g/mol. The molecule has 3 nitrogen and oxygen atoms in total. The van der Waals surface area contributed by atoms with Crippen LogP contribution in [-0.2, 0) is 12.5 Å². The summed E-state index contributed by atoms with van der Waals surface area (Å²) in [5.74, 6) is 0.957. The molecule has 0 saturated heterocycles. The summed E-state index contributed by atoms with van der Waals surface area (Å²) in [6.45, 7) is 4.21. The van der Waals surface area contributed by atoms with E-state index in [1.54, 1.807) is 6.20 Å². The second kappa shape index (κ2) is 4.34. The molecule has 0 aliphatic rings. The van der Waals surface area contributed by atoms with Crippen molar-refractivity contribution in [2.45, 2.75) is 19.3 Å². The Kier molecular flexibility index (Phi) is 3.03. The molecule has 0 fully saturated rings. The van der Waals surface area contributed by atoms with E-state index >= 15 is 0 Å². The maximum absolute atomic E-state index is 9.33. The van der Waals surface area contributed by atoms with E-state index in [0.717, 1.165) is 17.0 Å². The van der Waals surface area contributed by atoms with Crippen molar-refractivity contribution < 1.29 is 5.11 Å². The molecule has 0 radical (unpaired) electrons. The van der Waals surface area contributed by atoms with Gasteiger partial charge in [-0.2, -0.15) is 0 Å². The van der Waals surface area contributed by atoms with Gasteiger partial charge in [-0.25, -0.2) is 4.98 Å². The fourth-order valence-corrected chi connectivity index (χ4v) is 1.81. The fraction of sp³-hybridized carbons (Fsp3) is 0.357. The van der Waals surface area contributed by atoms with Crippen molar-refractivity contribution in [3.8, 4) is 11.4 Å². The Bertz CT molecular complexity index is 497. The van der Waals surface area contributed by atoms with Crippen LogP contribution in [-0.4, -0.2) is 21.3 Å². The molecule has 3 heteroatoms. The summed E-state index contributed by atoms with van der Waals surface area (Å²) in [7, 11) is 1.98. The highest BCUT2D eigenvalue weighted by Crippen LogP contribution is 2.25. The van der Waals surface area contributed by atoms with Crippen molar-refractivity contribution in [2.75, 3.05) is 6.61 Å². The number of aliphatic hydroxyl groups is 1. The van der Waals surface area contributed by atoms with E-state index in [1.807, 2.05) is 31.7 Å². The van der Waals surface area contributed by atoms with Crippen LogP contribution in [0.3, 0.4) is 0 Å². The second-order valence-electron chi connectivity index (χ2n) is 4.98. The van der Waals surface area contributed by atoms with Crippen LogP contribution in [0.25, 0.3) is 11.4 Å². The molecule has 0 bridgehead atoms. The number of aryl methyl sites for hydroxylation is 1. The number of hydrogen-bond acceptors (Lipinski definition) is 2. The molecule has 0 atom stereocenters. The molecule has 17 heavy (non-hydrogen) atoms. The molecule has 0 amide bonds. The van der Waals surface area contributed by atoms with E-state index < -0.39 is 0 Å². The van der Waals surface area contributed by atoms with Gasteiger partial charge in [0, 0.05) is 30.4 Å². The Morgan fingerprint density at radius 1 is 1.24 bits per heavy atom. The summed E-state index contributed by atoms with van der Waals surface area (Å²) < 4.78 is 1.99. The number of aliphatic hydroxyl groups excluding tert-OH is 1. The standard InChI is InChI=1S/C14H18N2O/c1-14(2,10-17)12-6-4-11(5-7-12)13-15-8-9-16(13)3/h4-9,17H,10H2,1-3H3. The molecule has 0 saturated carbocycles. The molecule has 0 aliphatic heterocycles. The number of nitrogens with zero attached hydrogens (tertiary/aromatic N) is 2. The number of benzene rings is 1. The Balaban J connectivity index is 2.34. The van der Waals surface area contributed by atoms with Crippen molar-refractivity contribution in [1.29, 1.82) is 0 Å². The highest BCUT2D eigenvalue weighted by molar-refractivity contribution is 5.56. The third kappa shape index (κ3) is 2.24. The zero-order valence-electron chi connectivity index (χ0n) is 10.5. The Morgan fingerprint density at radius 2 is 1.88 bits per heavy atom. The molecular formula is C14H18N2O. The van der Waals surface area contributed by atoms with Gasteiger partial charge in [-0.15, -0.1) is 0 Å². The summed E-state index contributed by atoms with van der Waals surface area (Å²) in [6.07, 6.45) is 3.72. The maximum atomic E-state index is 9.33.